The third kappa shape index (κ3) is 4.19. The van der Waals surface area contributed by atoms with Crippen molar-refractivity contribution in [3.05, 3.63) is 121 Å². The second-order valence-electron chi connectivity index (χ2n) is 9.34. The summed E-state index contributed by atoms with van der Waals surface area (Å²) >= 11 is 0. The van der Waals surface area contributed by atoms with Crippen LogP contribution in [0.3, 0.4) is 0 Å². The predicted octanol–water partition coefficient (Wildman–Crippen LogP) is 6.49. The van der Waals surface area contributed by atoms with Crippen LogP contribution in [0.4, 0.5) is 11.4 Å². The van der Waals surface area contributed by atoms with Crippen molar-refractivity contribution in [2.45, 2.75) is 0 Å². The Hall–Kier alpha value is -5.63. The highest BCUT2D eigenvalue weighted by molar-refractivity contribution is 6.07. The topological polar surface area (TPSA) is 108 Å². The minimum absolute atomic E-state index is 0.175. The Morgan fingerprint density at radius 2 is 1.21 bits per heavy atom. The molecule has 3 aromatic heterocycles. The van der Waals surface area contributed by atoms with E-state index < -0.39 is 0 Å². The van der Waals surface area contributed by atoms with Crippen molar-refractivity contribution in [2.75, 3.05) is 10.6 Å². The largest absolute Gasteiger partial charge is 0.361 e. The molecule has 4 N–H and O–H groups in total. The molecule has 0 atom stereocenters. The van der Waals surface area contributed by atoms with Crippen LogP contribution in [0.25, 0.3) is 38.4 Å². The zero-order chi connectivity index (χ0) is 26.3. The van der Waals surface area contributed by atoms with Gasteiger partial charge in [-0.2, -0.15) is 5.10 Å². The van der Waals surface area contributed by atoms with Gasteiger partial charge >= 0.3 is 0 Å². The molecule has 8 nitrogen and oxygen atoms in total. The van der Waals surface area contributed by atoms with E-state index >= 15 is 0 Å². The third-order valence-electron chi connectivity index (χ3n) is 6.83. The minimum Gasteiger partial charge on any atom is -0.361 e. The lowest BCUT2D eigenvalue weighted by molar-refractivity contribution is 0.101. The van der Waals surface area contributed by atoms with Crippen molar-refractivity contribution in [2.24, 2.45) is 0 Å². The monoisotopic (exact) mass is 510 g/mol. The van der Waals surface area contributed by atoms with Crippen molar-refractivity contribution in [1.29, 1.82) is 0 Å². The molecule has 0 aliphatic carbocycles. The van der Waals surface area contributed by atoms with Crippen LogP contribution in [-0.2, 0) is 0 Å². The lowest BCUT2D eigenvalue weighted by Gasteiger charge is -2.09. The molecular weight excluding hydrogens is 488 g/mol. The summed E-state index contributed by atoms with van der Waals surface area (Å²) in [5, 5.41) is 13.5. The van der Waals surface area contributed by atoms with Crippen LogP contribution in [0.1, 0.15) is 20.7 Å². The zero-order valence-corrected chi connectivity index (χ0v) is 20.6. The normalized spacial score (nSPS) is 11.3. The van der Waals surface area contributed by atoms with Crippen LogP contribution >= 0.6 is 0 Å². The summed E-state index contributed by atoms with van der Waals surface area (Å²) < 4.78 is 1.82. The number of carbonyl (C=O) groups is 2. The van der Waals surface area contributed by atoms with Gasteiger partial charge in [-0.1, -0.05) is 12.1 Å². The Kier molecular flexibility index (Phi) is 5.23. The maximum absolute atomic E-state index is 12.8. The van der Waals surface area contributed by atoms with E-state index in [2.05, 4.69) is 25.7 Å². The number of nitrogens with zero attached hydrogens (tertiary/aromatic N) is 2. The van der Waals surface area contributed by atoms with Crippen LogP contribution in [-0.4, -0.2) is 31.6 Å². The molecule has 0 spiro atoms. The van der Waals surface area contributed by atoms with Crippen molar-refractivity contribution in [3.8, 4) is 5.69 Å². The molecule has 0 radical (unpaired) electrons. The molecule has 0 unspecified atom stereocenters. The molecule has 0 fully saturated rings. The number of anilines is 2. The van der Waals surface area contributed by atoms with Gasteiger partial charge < -0.3 is 20.6 Å². The first-order chi connectivity index (χ1) is 19.1. The number of fused-ring (bicyclic) bond motifs is 3. The molecule has 0 aliphatic heterocycles. The van der Waals surface area contributed by atoms with Gasteiger partial charge in [0.25, 0.3) is 11.8 Å². The average molecular weight is 511 g/mol. The van der Waals surface area contributed by atoms with Gasteiger partial charge in [-0.15, -0.1) is 0 Å². The van der Waals surface area contributed by atoms with Gasteiger partial charge in [0.15, 0.2) is 0 Å². The molecule has 188 valence electrons. The molecule has 0 saturated heterocycles. The second kappa shape index (κ2) is 9.04. The summed E-state index contributed by atoms with van der Waals surface area (Å²) in [5.74, 6) is -0.352. The maximum atomic E-state index is 12.8. The molecule has 0 bridgehead atoms. The standard InChI is InChI=1S/C31H22N6O2/c38-30(21-3-1-19-11-13-32-27(19)16-21)35-24-5-8-26(9-6-24)37-29-10-7-25(15-23(29)18-34-37)36-31(39)22-4-2-20-12-14-33-28(20)17-22/h1-18,32-33H,(H,35,38)(H,36,39). The Bertz CT molecular complexity index is 2010. The van der Waals surface area contributed by atoms with E-state index in [0.717, 1.165) is 38.4 Å². The first kappa shape index (κ1) is 22.6. The van der Waals surface area contributed by atoms with Gasteiger partial charge in [0.1, 0.15) is 0 Å². The number of aromatic nitrogens is 4. The quantitative estimate of drug-likeness (QED) is 0.212. The number of aromatic amines is 2. The van der Waals surface area contributed by atoms with Crippen molar-refractivity contribution >= 4 is 55.9 Å². The van der Waals surface area contributed by atoms with Crippen LogP contribution in [0.2, 0.25) is 0 Å². The average Bonchev–Trinajstić information content (AvgIpc) is 3.72. The predicted molar refractivity (Wildman–Crippen MR) is 154 cm³/mol. The summed E-state index contributed by atoms with van der Waals surface area (Å²) in [6, 6.07) is 28.3. The van der Waals surface area contributed by atoms with E-state index in [1.165, 1.54) is 0 Å². The molecule has 3 heterocycles. The van der Waals surface area contributed by atoms with Gasteiger partial charge in [-0.05, 0) is 89.6 Å². The fourth-order valence-corrected chi connectivity index (χ4v) is 4.79. The Morgan fingerprint density at radius 1 is 0.615 bits per heavy atom. The Labute approximate surface area is 222 Å². The molecule has 0 aliphatic rings. The van der Waals surface area contributed by atoms with Gasteiger partial charge in [0.05, 0.1) is 17.4 Å². The number of rotatable bonds is 5. The molecule has 8 heteroatoms. The van der Waals surface area contributed by atoms with E-state index in [1.807, 2.05) is 108 Å². The smallest absolute Gasteiger partial charge is 0.255 e. The Balaban J connectivity index is 1.07. The van der Waals surface area contributed by atoms with Crippen molar-refractivity contribution in [1.82, 2.24) is 19.7 Å². The van der Waals surface area contributed by atoms with Gasteiger partial charge in [0.2, 0.25) is 0 Å². The molecule has 0 saturated carbocycles. The van der Waals surface area contributed by atoms with Gasteiger partial charge in [-0.25, -0.2) is 4.68 Å². The van der Waals surface area contributed by atoms with Gasteiger partial charge in [0, 0.05) is 51.3 Å². The molecular formula is C31H22N6O2. The maximum Gasteiger partial charge on any atom is 0.255 e. The number of nitrogens with one attached hydrogen (secondary N) is 4. The zero-order valence-electron chi connectivity index (χ0n) is 20.6. The summed E-state index contributed by atoms with van der Waals surface area (Å²) in [6.45, 7) is 0. The van der Waals surface area contributed by atoms with E-state index in [4.69, 9.17) is 0 Å². The summed E-state index contributed by atoms with van der Waals surface area (Å²) in [4.78, 5) is 31.8. The highest BCUT2D eigenvalue weighted by atomic mass is 16.2. The fraction of sp³-hybridized carbons (Fsp3) is 0. The molecule has 2 amide bonds. The number of hydrogen-bond donors (Lipinski definition) is 4. The molecule has 7 aromatic rings. The summed E-state index contributed by atoms with van der Waals surface area (Å²) in [6.07, 6.45) is 5.47. The van der Waals surface area contributed by atoms with Crippen LogP contribution < -0.4 is 10.6 Å². The number of amides is 2. The third-order valence-corrected chi connectivity index (χ3v) is 6.83. The fourth-order valence-electron chi connectivity index (χ4n) is 4.79. The van der Waals surface area contributed by atoms with Crippen LogP contribution in [0.5, 0.6) is 0 Å². The van der Waals surface area contributed by atoms with E-state index in [1.54, 1.807) is 6.20 Å². The number of carbonyl (C=O) groups excluding carboxylic acids is 2. The lowest BCUT2D eigenvalue weighted by Crippen LogP contribution is -2.12. The first-order valence-electron chi connectivity index (χ1n) is 12.5. The Morgan fingerprint density at radius 3 is 1.85 bits per heavy atom. The first-order valence-corrected chi connectivity index (χ1v) is 12.5. The second-order valence-corrected chi connectivity index (χ2v) is 9.34. The number of benzene rings is 4. The SMILES string of the molecule is O=C(Nc1ccc(-n2ncc3cc(NC(=O)c4ccc5cc[nH]c5c4)ccc32)cc1)c1ccc2cc[nH]c2c1. The molecule has 39 heavy (non-hydrogen) atoms. The summed E-state index contributed by atoms with van der Waals surface area (Å²) in [5.41, 5.74) is 6.14. The highest BCUT2D eigenvalue weighted by Gasteiger charge is 2.11. The lowest BCUT2D eigenvalue weighted by atomic mass is 10.1. The van der Waals surface area contributed by atoms with Crippen molar-refractivity contribution in [3.63, 3.8) is 0 Å². The van der Waals surface area contributed by atoms with Gasteiger partial charge in [-0.3, -0.25) is 9.59 Å². The van der Waals surface area contributed by atoms with E-state index in [0.29, 0.717) is 22.5 Å². The highest BCUT2D eigenvalue weighted by Crippen LogP contribution is 2.24. The number of hydrogen-bond acceptors (Lipinski definition) is 3. The van der Waals surface area contributed by atoms with E-state index in [-0.39, 0.29) is 11.8 Å². The molecule has 7 rings (SSSR count). The summed E-state index contributed by atoms with van der Waals surface area (Å²) in [7, 11) is 0. The van der Waals surface area contributed by atoms with Crippen LogP contribution in [0, 0.1) is 0 Å². The molecule has 4 aromatic carbocycles. The van der Waals surface area contributed by atoms with E-state index in [9.17, 15) is 9.59 Å². The number of H-pyrrole nitrogens is 2. The van der Waals surface area contributed by atoms with Crippen LogP contribution in [0.15, 0.2) is 110 Å². The van der Waals surface area contributed by atoms with Crippen molar-refractivity contribution < 1.29 is 9.59 Å². The minimum atomic E-state index is -0.177.